The number of thiol groups is 1. The highest BCUT2D eigenvalue weighted by Gasteiger charge is 2.33. The van der Waals surface area contributed by atoms with Crippen molar-refractivity contribution in [2.24, 2.45) is 10.2 Å². The van der Waals surface area contributed by atoms with E-state index in [1.54, 1.807) is 11.3 Å². The fourth-order valence-corrected chi connectivity index (χ4v) is 4.60. The number of hydrogen-bond acceptors (Lipinski definition) is 6. The van der Waals surface area contributed by atoms with Gasteiger partial charge in [-0.25, -0.2) is 4.98 Å². The third-order valence-corrected chi connectivity index (χ3v) is 5.22. The molecule has 0 saturated carbocycles. The molecule has 3 aromatic rings. The molecule has 7 heteroatoms. The minimum Gasteiger partial charge on any atom is -0.225 e. The van der Waals surface area contributed by atoms with Gasteiger partial charge in [-0.2, -0.15) is 0 Å². The number of rotatable bonds is 2. The molecule has 0 bridgehead atoms. The SMILES string of the molecule is S[N+]1(Sc2nc3ccccc3s2)N=c2ccccc2=N1. The van der Waals surface area contributed by atoms with Gasteiger partial charge in [0, 0.05) is 3.51 Å². The molecule has 1 aliphatic heterocycles. The first-order valence-electron chi connectivity index (χ1n) is 5.94. The molecular formula is C13H9N4S3+. The third-order valence-electron chi connectivity index (χ3n) is 2.83. The van der Waals surface area contributed by atoms with Gasteiger partial charge in [-0.3, -0.25) is 0 Å². The highest BCUT2D eigenvalue weighted by atomic mass is 32.2. The Morgan fingerprint density at radius 2 is 1.60 bits per heavy atom. The lowest BCUT2D eigenvalue weighted by atomic mass is 10.3. The van der Waals surface area contributed by atoms with E-state index >= 15 is 0 Å². The standard InChI is InChI=1S/C13H9N4S3/c18-17(15-9-5-1-2-6-10(9)16-17)20-13-14-11-7-3-4-8-12(11)19-13/h1-8,18H/q+1. The van der Waals surface area contributed by atoms with E-state index in [0.29, 0.717) is 0 Å². The van der Waals surface area contributed by atoms with E-state index in [1.807, 2.05) is 42.5 Å². The second kappa shape index (κ2) is 4.56. The summed E-state index contributed by atoms with van der Waals surface area (Å²) in [7, 11) is 0. The van der Waals surface area contributed by atoms with Crippen molar-refractivity contribution in [3.8, 4) is 0 Å². The molecule has 2 heterocycles. The van der Waals surface area contributed by atoms with Gasteiger partial charge >= 0.3 is 0 Å². The molecule has 0 saturated heterocycles. The molecule has 1 aromatic heterocycles. The summed E-state index contributed by atoms with van der Waals surface area (Å²) in [6.07, 6.45) is 0. The fourth-order valence-electron chi connectivity index (χ4n) is 1.97. The van der Waals surface area contributed by atoms with Crippen molar-refractivity contribution in [3.63, 3.8) is 0 Å². The zero-order chi connectivity index (χ0) is 13.6. The summed E-state index contributed by atoms with van der Waals surface area (Å²) in [6, 6.07) is 15.8. The lowest BCUT2D eigenvalue weighted by Gasteiger charge is -2.08. The van der Waals surface area contributed by atoms with Crippen LogP contribution in [0.4, 0.5) is 0 Å². The average Bonchev–Trinajstić information content (AvgIpc) is 2.97. The predicted molar refractivity (Wildman–Crippen MR) is 83.5 cm³/mol. The van der Waals surface area contributed by atoms with Gasteiger partial charge in [0.25, 0.3) is 0 Å². The molecule has 0 radical (unpaired) electrons. The highest BCUT2D eigenvalue weighted by Crippen LogP contribution is 2.39. The van der Waals surface area contributed by atoms with Gasteiger partial charge in [-0.1, -0.05) is 24.3 Å². The Kier molecular flexibility index (Phi) is 2.81. The molecule has 98 valence electrons. The molecule has 1 aliphatic rings. The molecule has 0 fully saturated rings. The Morgan fingerprint density at radius 3 is 2.30 bits per heavy atom. The van der Waals surface area contributed by atoms with Crippen molar-refractivity contribution in [2.75, 3.05) is 0 Å². The first-order valence-corrected chi connectivity index (χ1v) is 7.93. The van der Waals surface area contributed by atoms with Crippen molar-refractivity contribution < 1.29 is 3.51 Å². The Labute approximate surface area is 128 Å². The second-order valence-corrected chi connectivity index (χ2v) is 7.44. The van der Waals surface area contributed by atoms with E-state index in [0.717, 1.165) is 25.3 Å². The lowest BCUT2D eigenvalue weighted by molar-refractivity contribution is -0.659. The van der Waals surface area contributed by atoms with Gasteiger partial charge in [0.05, 0.1) is 10.2 Å². The molecule has 4 rings (SSSR count). The molecule has 0 amide bonds. The topological polar surface area (TPSA) is 37.6 Å². The number of quaternary nitrogens is 1. The van der Waals surface area contributed by atoms with Crippen molar-refractivity contribution in [3.05, 3.63) is 59.2 Å². The van der Waals surface area contributed by atoms with Crippen molar-refractivity contribution in [1.82, 2.24) is 4.98 Å². The van der Waals surface area contributed by atoms with E-state index in [4.69, 9.17) is 0 Å². The number of thiazole rings is 1. The van der Waals surface area contributed by atoms with E-state index in [9.17, 15) is 0 Å². The number of benzene rings is 2. The minimum atomic E-state index is -0.0980. The minimum absolute atomic E-state index is 0.0980. The van der Waals surface area contributed by atoms with Crippen LogP contribution in [0.1, 0.15) is 0 Å². The highest BCUT2D eigenvalue weighted by molar-refractivity contribution is 8.01. The molecule has 0 aliphatic carbocycles. The molecule has 20 heavy (non-hydrogen) atoms. The lowest BCUT2D eigenvalue weighted by Crippen LogP contribution is -2.19. The summed E-state index contributed by atoms with van der Waals surface area (Å²) in [5, 5.41) is 10.7. The van der Waals surface area contributed by atoms with Gasteiger partial charge in [-0.15, -0.1) is 11.3 Å². The number of aromatic nitrogens is 1. The summed E-state index contributed by atoms with van der Waals surface area (Å²) in [5.74, 6) is 0. The van der Waals surface area contributed by atoms with Crippen LogP contribution in [0, 0.1) is 0 Å². The Hall–Kier alpha value is -1.41. The maximum atomic E-state index is 4.58. The average molecular weight is 317 g/mol. The monoisotopic (exact) mass is 317 g/mol. The Morgan fingerprint density at radius 1 is 0.950 bits per heavy atom. The van der Waals surface area contributed by atoms with Crippen LogP contribution in [-0.4, -0.2) is 8.50 Å². The van der Waals surface area contributed by atoms with Crippen LogP contribution in [0.5, 0.6) is 0 Å². The summed E-state index contributed by atoms with van der Waals surface area (Å²) in [5.41, 5.74) is 0.997. The van der Waals surface area contributed by atoms with Gasteiger partial charge in [0.1, 0.15) is 12.8 Å². The zero-order valence-corrected chi connectivity index (χ0v) is 12.7. The Bertz CT molecular complexity index is 851. The molecule has 0 N–H and O–H groups in total. The summed E-state index contributed by atoms with van der Waals surface area (Å²) in [6.45, 7) is 0. The third kappa shape index (κ3) is 2.12. The summed E-state index contributed by atoms with van der Waals surface area (Å²) >= 11 is 7.59. The first kappa shape index (κ1) is 12.3. The van der Waals surface area contributed by atoms with Crippen LogP contribution in [0.3, 0.4) is 0 Å². The smallest absolute Gasteiger partial charge is 0.217 e. The number of para-hydroxylation sites is 1. The van der Waals surface area contributed by atoms with Crippen LogP contribution in [-0.2, 0) is 0 Å². The predicted octanol–water partition coefficient (Wildman–Crippen LogP) is 2.75. The summed E-state index contributed by atoms with van der Waals surface area (Å²) in [4.78, 5) is 4.58. The quantitative estimate of drug-likeness (QED) is 0.448. The second-order valence-electron chi connectivity index (χ2n) is 4.24. The van der Waals surface area contributed by atoms with Gasteiger partial charge in [0.15, 0.2) is 10.7 Å². The van der Waals surface area contributed by atoms with Crippen molar-refractivity contribution in [2.45, 2.75) is 4.34 Å². The van der Waals surface area contributed by atoms with Crippen LogP contribution in [0.2, 0.25) is 0 Å². The largest absolute Gasteiger partial charge is 0.225 e. The maximum absolute atomic E-state index is 4.58. The molecule has 0 spiro atoms. The van der Waals surface area contributed by atoms with Gasteiger partial charge < -0.3 is 0 Å². The van der Waals surface area contributed by atoms with Crippen LogP contribution in [0.25, 0.3) is 10.2 Å². The number of fused-ring (bicyclic) bond motifs is 2. The van der Waals surface area contributed by atoms with E-state index in [-0.39, 0.29) is 3.51 Å². The molecule has 0 atom stereocenters. The fraction of sp³-hybridized carbons (Fsp3) is 0. The molecule has 4 nitrogen and oxygen atoms in total. The van der Waals surface area contributed by atoms with E-state index in [2.05, 4.69) is 34.1 Å². The van der Waals surface area contributed by atoms with Crippen LogP contribution < -0.4 is 10.7 Å². The van der Waals surface area contributed by atoms with Crippen LogP contribution >= 0.6 is 36.1 Å². The molecular weight excluding hydrogens is 308 g/mol. The maximum Gasteiger partial charge on any atom is 0.217 e. The number of hydrogen-bond donors (Lipinski definition) is 1. The van der Waals surface area contributed by atoms with Gasteiger partial charge in [0.2, 0.25) is 16.3 Å². The van der Waals surface area contributed by atoms with E-state index < -0.39 is 0 Å². The summed E-state index contributed by atoms with van der Waals surface area (Å²) < 4.78 is 1.97. The van der Waals surface area contributed by atoms with E-state index in [1.165, 1.54) is 11.9 Å². The molecule has 2 aromatic carbocycles. The first-order chi connectivity index (χ1) is 9.72. The Balaban J connectivity index is 1.74. The zero-order valence-electron chi connectivity index (χ0n) is 10.2. The number of nitrogens with zero attached hydrogens (tertiary/aromatic N) is 4. The van der Waals surface area contributed by atoms with Crippen molar-refractivity contribution in [1.29, 1.82) is 0 Å². The van der Waals surface area contributed by atoms with Crippen molar-refractivity contribution >= 4 is 46.3 Å². The van der Waals surface area contributed by atoms with Gasteiger partial charge in [-0.05, 0) is 34.5 Å². The van der Waals surface area contributed by atoms with Crippen LogP contribution in [0.15, 0.2) is 63.1 Å². The normalized spacial score (nSPS) is 15.7. The molecule has 0 unspecified atom stereocenters.